The fourth-order valence-corrected chi connectivity index (χ4v) is 1.10. The molecule has 1 aromatic rings. The summed E-state index contributed by atoms with van der Waals surface area (Å²) >= 11 is 0. The fourth-order valence-electron chi connectivity index (χ4n) is 1.10. The molecule has 0 atom stereocenters. The van der Waals surface area contributed by atoms with Crippen LogP contribution in [0.25, 0.3) is 6.08 Å². The highest BCUT2D eigenvalue weighted by Crippen LogP contribution is 2.08. The van der Waals surface area contributed by atoms with Gasteiger partial charge >= 0.3 is 5.97 Å². The third kappa shape index (κ3) is 4.94. The number of esters is 1. The molecular weight excluding hydrogens is 216 g/mol. The Labute approximate surface area is 101 Å². The van der Waals surface area contributed by atoms with Gasteiger partial charge in [0.05, 0.1) is 5.69 Å². The van der Waals surface area contributed by atoms with Crippen molar-refractivity contribution in [3.8, 4) is 6.07 Å². The SMILES string of the molecule is CC(C)(C)OC(=O)/C=C/c1cccc(C#N)n1. The highest BCUT2D eigenvalue weighted by molar-refractivity contribution is 5.87. The summed E-state index contributed by atoms with van der Waals surface area (Å²) in [5.41, 5.74) is 0.356. The summed E-state index contributed by atoms with van der Waals surface area (Å²) in [5, 5.41) is 8.66. The van der Waals surface area contributed by atoms with Crippen molar-refractivity contribution in [2.45, 2.75) is 26.4 Å². The van der Waals surface area contributed by atoms with E-state index in [1.807, 2.05) is 6.07 Å². The number of hydrogen-bond donors (Lipinski definition) is 0. The molecule has 1 heterocycles. The van der Waals surface area contributed by atoms with Crippen LogP contribution in [-0.4, -0.2) is 16.6 Å². The number of carbonyl (C=O) groups is 1. The first-order chi connectivity index (χ1) is 7.90. The van der Waals surface area contributed by atoms with Crippen LogP contribution in [0.5, 0.6) is 0 Å². The molecule has 0 unspecified atom stereocenters. The predicted octanol–water partition coefficient (Wildman–Crippen LogP) is 2.31. The van der Waals surface area contributed by atoms with Crippen molar-refractivity contribution in [1.29, 1.82) is 5.26 Å². The standard InChI is InChI=1S/C13H14N2O2/c1-13(2,3)17-12(16)8-7-10-5-4-6-11(9-14)15-10/h4-8H,1-3H3/b8-7+. The lowest BCUT2D eigenvalue weighted by molar-refractivity contribution is -0.148. The molecule has 17 heavy (non-hydrogen) atoms. The number of pyridine rings is 1. The van der Waals surface area contributed by atoms with Gasteiger partial charge < -0.3 is 4.74 Å². The number of carbonyl (C=O) groups excluding carboxylic acids is 1. The highest BCUT2D eigenvalue weighted by Gasteiger charge is 2.13. The molecule has 4 nitrogen and oxygen atoms in total. The van der Waals surface area contributed by atoms with E-state index in [1.165, 1.54) is 12.2 Å². The maximum Gasteiger partial charge on any atom is 0.331 e. The molecular formula is C13H14N2O2. The van der Waals surface area contributed by atoms with Crippen molar-refractivity contribution in [3.05, 3.63) is 35.7 Å². The molecule has 0 aliphatic rings. The fraction of sp³-hybridized carbons (Fsp3) is 0.308. The Morgan fingerprint density at radius 1 is 1.47 bits per heavy atom. The molecule has 0 spiro atoms. The number of nitrogens with zero attached hydrogens (tertiary/aromatic N) is 2. The summed E-state index contributed by atoms with van der Waals surface area (Å²) < 4.78 is 5.10. The first-order valence-corrected chi connectivity index (χ1v) is 5.19. The quantitative estimate of drug-likeness (QED) is 0.577. The van der Waals surface area contributed by atoms with Crippen LogP contribution in [0.1, 0.15) is 32.2 Å². The molecule has 0 aliphatic carbocycles. The average molecular weight is 230 g/mol. The molecule has 1 rings (SSSR count). The first-order valence-electron chi connectivity index (χ1n) is 5.19. The van der Waals surface area contributed by atoms with Crippen molar-refractivity contribution in [3.63, 3.8) is 0 Å². The number of nitriles is 1. The lowest BCUT2D eigenvalue weighted by Crippen LogP contribution is -2.22. The van der Waals surface area contributed by atoms with Crippen LogP contribution in [0.3, 0.4) is 0 Å². The Kier molecular flexibility index (Phi) is 4.00. The summed E-state index contributed by atoms with van der Waals surface area (Å²) in [4.78, 5) is 15.4. The summed E-state index contributed by atoms with van der Waals surface area (Å²) in [7, 11) is 0. The minimum Gasteiger partial charge on any atom is -0.457 e. The zero-order valence-electron chi connectivity index (χ0n) is 10.1. The predicted molar refractivity (Wildman–Crippen MR) is 63.8 cm³/mol. The Hall–Kier alpha value is -2.15. The van der Waals surface area contributed by atoms with Gasteiger partial charge in [-0.2, -0.15) is 5.26 Å². The second-order valence-electron chi connectivity index (χ2n) is 4.43. The van der Waals surface area contributed by atoms with Gasteiger partial charge in [0, 0.05) is 6.08 Å². The minimum atomic E-state index is -0.511. The van der Waals surface area contributed by atoms with Gasteiger partial charge in [-0.15, -0.1) is 0 Å². The van der Waals surface area contributed by atoms with Gasteiger partial charge in [0.25, 0.3) is 0 Å². The van der Waals surface area contributed by atoms with Crippen LogP contribution in [-0.2, 0) is 9.53 Å². The Morgan fingerprint density at radius 2 is 2.18 bits per heavy atom. The third-order valence-electron chi connectivity index (χ3n) is 1.68. The van der Waals surface area contributed by atoms with Crippen molar-refractivity contribution in [1.82, 2.24) is 4.98 Å². The van der Waals surface area contributed by atoms with Crippen LogP contribution in [0.4, 0.5) is 0 Å². The van der Waals surface area contributed by atoms with Crippen LogP contribution in [0, 0.1) is 11.3 Å². The lowest BCUT2D eigenvalue weighted by Gasteiger charge is -2.17. The second kappa shape index (κ2) is 5.26. The maximum atomic E-state index is 11.4. The minimum absolute atomic E-state index is 0.316. The van der Waals surface area contributed by atoms with Gasteiger partial charge in [0.2, 0.25) is 0 Å². The van der Waals surface area contributed by atoms with Gasteiger partial charge in [-0.05, 0) is 39.0 Å². The van der Waals surface area contributed by atoms with E-state index in [2.05, 4.69) is 4.98 Å². The zero-order valence-corrected chi connectivity index (χ0v) is 10.1. The first kappa shape index (κ1) is 12.9. The second-order valence-corrected chi connectivity index (χ2v) is 4.43. The molecule has 0 aromatic carbocycles. The van der Waals surface area contributed by atoms with E-state index in [-0.39, 0.29) is 0 Å². The molecule has 0 fully saturated rings. The van der Waals surface area contributed by atoms with Crippen LogP contribution in [0.2, 0.25) is 0 Å². The van der Waals surface area contributed by atoms with Crippen LogP contribution in [0.15, 0.2) is 24.3 Å². The molecule has 88 valence electrons. The molecule has 0 saturated heterocycles. The van der Waals surface area contributed by atoms with E-state index in [1.54, 1.807) is 39.0 Å². The van der Waals surface area contributed by atoms with Gasteiger partial charge in [-0.1, -0.05) is 6.07 Å². The topological polar surface area (TPSA) is 63.0 Å². The van der Waals surface area contributed by atoms with E-state index < -0.39 is 11.6 Å². The van der Waals surface area contributed by atoms with Crippen molar-refractivity contribution < 1.29 is 9.53 Å². The molecule has 0 radical (unpaired) electrons. The van der Waals surface area contributed by atoms with E-state index in [9.17, 15) is 4.79 Å². The van der Waals surface area contributed by atoms with Gasteiger partial charge in [-0.3, -0.25) is 0 Å². The van der Waals surface area contributed by atoms with Gasteiger partial charge in [0.1, 0.15) is 17.4 Å². The Morgan fingerprint density at radius 3 is 2.76 bits per heavy atom. The maximum absolute atomic E-state index is 11.4. The molecule has 0 amide bonds. The molecule has 0 bridgehead atoms. The van der Waals surface area contributed by atoms with E-state index >= 15 is 0 Å². The largest absolute Gasteiger partial charge is 0.457 e. The zero-order chi connectivity index (χ0) is 12.9. The molecule has 0 saturated carbocycles. The van der Waals surface area contributed by atoms with Crippen molar-refractivity contribution in [2.75, 3.05) is 0 Å². The molecule has 4 heteroatoms. The number of hydrogen-bond acceptors (Lipinski definition) is 4. The molecule has 0 N–H and O–H groups in total. The number of aromatic nitrogens is 1. The van der Waals surface area contributed by atoms with E-state index in [0.717, 1.165) is 0 Å². The van der Waals surface area contributed by atoms with Gasteiger partial charge in [-0.25, -0.2) is 9.78 Å². The number of ether oxygens (including phenoxy) is 1. The van der Waals surface area contributed by atoms with Crippen LogP contribution < -0.4 is 0 Å². The lowest BCUT2D eigenvalue weighted by atomic mass is 10.2. The smallest absolute Gasteiger partial charge is 0.331 e. The summed E-state index contributed by atoms with van der Waals surface area (Å²) in [5.74, 6) is -0.429. The normalized spacial score (nSPS) is 11.2. The number of rotatable bonds is 2. The molecule has 0 aliphatic heterocycles. The average Bonchev–Trinajstić information content (AvgIpc) is 2.24. The summed E-state index contributed by atoms with van der Waals surface area (Å²) in [6.07, 6.45) is 2.82. The highest BCUT2D eigenvalue weighted by atomic mass is 16.6. The van der Waals surface area contributed by atoms with Crippen molar-refractivity contribution in [2.24, 2.45) is 0 Å². The summed E-state index contributed by atoms with van der Waals surface area (Å²) in [6, 6.07) is 6.95. The van der Waals surface area contributed by atoms with E-state index in [0.29, 0.717) is 11.4 Å². The Bertz CT molecular complexity index is 479. The molecule has 1 aromatic heterocycles. The Balaban J connectivity index is 2.71. The monoisotopic (exact) mass is 230 g/mol. The third-order valence-corrected chi connectivity index (χ3v) is 1.68. The van der Waals surface area contributed by atoms with E-state index in [4.69, 9.17) is 10.00 Å². The summed E-state index contributed by atoms with van der Waals surface area (Å²) in [6.45, 7) is 5.40. The van der Waals surface area contributed by atoms with Crippen LogP contribution >= 0.6 is 0 Å². The van der Waals surface area contributed by atoms with Gasteiger partial charge in [0.15, 0.2) is 0 Å². The van der Waals surface area contributed by atoms with Crippen molar-refractivity contribution >= 4 is 12.0 Å².